The number of esters is 1. The number of β-amino-alcohol motifs (C(OH)–C–C–N with tert-alkyl or cyclic N) is 1. The second-order valence-electron chi connectivity index (χ2n) is 3.15. The second kappa shape index (κ2) is 4.46. The van der Waals surface area contributed by atoms with E-state index in [2.05, 4.69) is 0 Å². The fraction of sp³-hybridized carbons (Fsp3) is 0.750. The van der Waals surface area contributed by atoms with E-state index in [-0.39, 0.29) is 19.6 Å². The van der Waals surface area contributed by atoms with E-state index in [1.54, 1.807) is 6.92 Å². The second-order valence-corrected chi connectivity index (χ2v) is 3.15. The molecule has 1 rings (SSSR count). The van der Waals surface area contributed by atoms with Gasteiger partial charge in [0.25, 0.3) is 0 Å². The molecule has 1 amide bonds. The predicted octanol–water partition coefficient (Wildman–Crippen LogP) is -0.727. The Bertz CT molecular complexity index is 245. The minimum absolute atomic E-state index is 0.0960. The van der Waals surface area contributed by atoms with Crippen molar-refractivity contribution in [2.24, 2.45) is 0 Å². The van der Waals surface area contributed by atoms with Crippen LogP contribution in [0.3, 0.4) is 0 Å². The monoisotopic (exact) mass is 197 g/mol. The molecular weight excluding hydrogens is 185 g/mol. The Labute approximate surface area is 83.4 Å². The smallest absolute Gasteiger partial charge is 0.328 e. The molecule has 5 nitrogen and oxygen atoms in total. The molecule has 1 aliphatic rings. The molecule has 1 fully saturated rings. The number of carbonyl (C=O) groups is 2. The number of aliphatic hydroxyl groups excluding tert-OH is 1. The Hall–Kier alpha value is -1.04. The average molecular weight is 197 g/mol. The van der Waals surface area contributed by atoms with Gasteiger partial charge in [-0.3, -0.25) is 4.79 Å². The van der Waals surface area contributed by atoms with Gasteiger partial charge in [0.15, 0.2) is 5.81 Å². The van der Waals surface area contributed by atoms with Crippen LogP contribution < -0.4 is 0 Å². The van der Waals surface area contributed by atoms with E-state index in [9.17, 15) is 14.7 Å². The lowest BCUT2D eigenvalue weighted by atomic mass is 10.1. The molecule has 1 aliphatic heterocycles. The molecule has 14 heavy (non-hydrogen) atoms. The van der Waals surface area contributed by atoms with Gasteiger partial charge < -0.3 is 14.7 Å². The van der Waals surface area contributed by atoms with Crippen LogP contribution in [-0.4, -0.2) is 54.9 Å². The maximum Gasteiger partial charge on any atom is 0.328 e. The molecule has 76 valence electrons. The molecule has 0 aromatic heterocycles. The van der Waals surface area contributed by atoms with E-state index in [0.717, 1.165) is 4.90 Å². The van der Waals surface area contributed by atoms with Crippen LogP contribution in [0.5, 0.6) is 0 Å². The predicted molar refractivity (Wildman–Crippen MR) is 48.9 cm³/mol. The van der Waals surface area contributed by atoms with Crippen molar-refractivity contribution in [3.05, 3.63) is 0 Å². The summed E-state index contributed by atoms with van der Waals surface area (Å²) in [6, 6.07) is -0.734. The molecule has 0 spiro atoms. The molecular formula is C8H12BNO4. The Balaban J connectivity index is 2.66. The van der Waals surface area contributed by atoms with E-state index in [4.69, 9.17) is 12.6 Å². The minimum Gasteiger partial charge on any atom is -0.464 e. The van der Waals surface area contributed by atoms with Crippen molar-refractivity contribution in [1.82, 2.24) is 4.90 Å². The topological polar surface area (TPSA) is 66.8 Å². The molecule has 1 N–H and O–H groups in total. The Kier molecular flexibility index (Phi) is 3.52. The molecule has 2 radical (unpaired) electrons. The highest BCUT2D eigenvalue weighted by Crippen LogP contribution is 2.18. The highest BCUT2D eigenvalue weighted by atomic mass is 16.5. The van der Waals surface area contributed by atoms with Crippen molar-refractivity contribution < 1.29 is 19.4 Å². The summed E-state index contributed by atoms with van der Waals surface area (Å²) in [6.07, 6.45) is -0.501. The fourth-order valence-corrected chi connectivity index (χ4v) is 1.52. The van der Waals surface area contributed by atoms with Crippen LogP contribution in [0.15, 0.2) is 0 Å². The highest BCUT2D eigenvalue weighted by molar-refractivity contribution is 6.57. The van der Waals surface area contributed by atoms with E-state index < -0.39 is 23.9 Å². The van der Waals surface area contributed by atoms with E-state index in [1.165, 1.54) is 0 Å². The zero-order chi connectivity index (χ0) is 10.7. The van der Waals surface area contributed by atoms with Gasteiger partial charge >= 0.3 is 5.97 Å². The maximum atomic E-state index is 11.3. The summed E-state index contributed by atoms with van der Waals surface area (Å²) in [5, 5.41) is 9.28. The van der Waals surface area contributed by atoms with Gasteiger partial charge in [0, 0.05) is 13.0 Å². The number of nitrogens with zero attached hydrogens (tertiary/aromatic N) is 1. The van der Waals surface area contributed by atoms with Crippen molar-refractivity contribution in [2.75, 3.05) is 13.2 Å². The SMILES string of the molecule is [B]C(=O)N1C[C@H](O)C[C@H]1C(=O)OCC. The lowest BCUT2D eigenvalue weighted by molar-refractivity contribution is -0.147. The van der Waals surface area contributed by atoms with Crippen molar-refractivity contribution in [3.8, 4) is 0 Å². The lowest BCUT2D eigenvalue weighted by Crippen LogP contribution is -2.40. The number of hydrogen-bond donors (Lipinski definition) is 1. The normalized spacial score (nSPS) is 26.3. The first-order chi connectivity index (χ1) is 6.56. The summed E-state index contributed by atoms with van der Waals surface area (Å²) >= 11 is 0. The highest BCUT2D eigenvalue weighted by Gasteiger charge is 2.37. The van der Waals surface area contributed by atoms with Gasteiger partial charge in [-0.2, -0.15) is 0 Å². The molecule has 0 saturated carbocycles. The van der Waals surface area contributed by atoms with Gasteiger partial charge in [-0.05, 0) is 6.92 Å². The van der Waals surface area contributed by atoms with Crippen LogP contribution in [0.4, 0.5) is 4.79 Å². The number of ether oxygens (including phenoxy) is 1. The largest absolute Gasteiger partial charge is 0.464 e. The molecule has 2 atom stereocenters. The standard InChI is InChI=1S/C8H12BNO4/c1-2-14-7(12)6-3-5(11)4-10(6)8(9)13/h5-6,11H,2-4H2,1H3/t5-,6+/m1/s1. The van der Waals surface area contributed by atoms with Gasteiger partial charge in [-0.1, -0.05) is 0 Å². The Morgan fingerprint density at radius 3 is 2.79 bits per heavy atom. The third-order valence-electron chi connectivity index (χ3n) is 2.12. The first kappa shape index (κ1) is 11.0. The molecule has 6 heteroatoms. The van der Waals surface area contributed by atoms with Crippen LogP contribution in [0.2, 0.25) is 0 Å². The summed E-state index contributed by atoms with van der Waals surface area (Å²) in [5.41, 5.74) is 0. The van der Waals surface area contributed by atoms with Crippen LogP contribution in [0.1, 0.15) is 13.3 Å². The first-order valence-electron chi connectivity index (χ1n) is 4.47. The molecule has 1 heterocycles. The summed E-state index contributed by atoms with van der Waals surface area (Å²) < 4.78 is 4.76. The molecule has 0 aromatic carbocycles. The molecule has 0 unspecified atom stereocenters. The van der Waals surface area contributed by atoms with Crippen molar-refractivity contribution >= 4 is 19.6 Å². The van der Waals surface area contributed by atoms with Gasteiger partial charge in [-0.25, -0.2) is 4.79 Å². The zero-order valence-electron chi connectivity index (χ0n) is 7.97. The van der Waals surface area contributed by atoms with Crippen molar-refractivity contribution in [3.63, 3.8) is 0 Å². The van der Waals surface area contributed by atoms with Gasteiger partial charge in [0.1, 0.15) is 6.04 Å². The Morgan fingerprint density at radius 1 is 1.64 bits per heavy atom. The third-order valence-corrected chi connectivity index (χ3v) is 2.12. The third kappa shape index (κ3) is 2.26. The minimum atomic E-state index is -0.734. The maximum absolute atomic E-state index is 11.3. The number of rotatable bonds is 2. The molecule has 0 bridgehead atoms. The van der Waals surface area contributed by atoms with E-state index in [0.29, 0.717) is 0 Å². The van der Waals surface area contributed by atoms with E-state index in [1.807, 2.05) is 0 Å². The summed E-state index contributed by atoms with van der Waals surface area (Å²) in [5.74, 6) is -1.22. The van der Waals surface area contributed by atoms with Crippen LogP contribution in [0, 0.1) is 0 Å². The summed E-state index contributed by atoms with van der Waals surface area (Å²) in [6.45, 7) is 2.02. The van der Waals surface area contributed by atoms with Crippen molar-refractivity contribution in [1.29, 1.82) is 0 Å². The van der Waals surface area contributed by atoms with E-state index >= 15 is 0 Å². The molecule has 0 aliphatic carbocycles. The van der Waals surface area contributed by atoms with Crippen LogP contribution >= 0.6 is 0 Å². The Morgan fingerprint density at radius 2 is 2.29 bits per heavy atom. The number of hydrogen-bond acceptors (Lipinski definition) is 4. The zero-order valence-corrected chi connectivity index (χ0v) is 7.97. The molecule has 1 saturated heterocycles. The van der Waals surface area contributed by atoms with Gasteiger partial charge in [0.2, 0.25) is 7.85 Å². The number of aliphatic hydroxyl groups is 1. The number of carbonyl (C=O) groups excluding carboxylic acids is 2. The summed E-state index contributed by atoms with van der Waals surface area (Å²) in [7, 11) is 5.05. The van der Waals surface area contributed by atoms with Crippen molar-refractivity contribution in [2.45, 2.75) is 25.5 Å². The summed E-state index contributed by atoms with van der Waals surface area (Å²) in [4.78, 5) is 23.3. The quantitative estimate of drug-likeness (QED) is 0.468. The van der Waals surface area contributed by atoms with Gasteiger partial charge in [-0.15, -0.1) is 0 Å². The first-order valence-corrected chi connectivity index (χ1v) is 4.47. The number of amides is 1. The van der Waals surface area contributed by atoms with Crippen LogP contribution in [0.25, 0.3) is 0 Å². The number of likely N-dealkylation sites (tertiary alicyclic amines) is 1. The lowest BCUT2D eigenvalue weighted by Gasteiger charge is -2.21. The molecule has 0 aromatic rings. The van der Waals surface area contributed by atoms with Crippen LogP contribution in [-0.2, 0) is 9.53 Å². The fourth-order valence-electron chi connectivity index (χ4n) is 1.52. The van der Waals surface area contributed by atoms with Gasteiger partial charge in [0.05, 0.1) is 12.7 Å². The average Bonchev–Trinajstić information content (AvgIpc) is 2.48.